The average Bonchev–Trinajstić information content (AvgIpc) is 2.29. The molecule has 0 unspecified atom stereocenters. The number of aromatic nitrogens is 1. The summed E-state index contributed by atoms with van der Waals surface area (Å²) in [5, 5.41) is 0. The van der Waals surface area contributed by atoms with E-state index in [-0.39, 0.29) is 0 Å². The van der Waals surface area contributed by atoms with E-state index in [1.165, 1.54) is 0 Å². The van der Waals surface area contributed by atoms with Crippen LogP contribution in [0.5, 0.6) is 0 Å². The van der Waals surface area contributed by atoms with Crippen molar-refractivity contribution < 1.29 is 0 Å². The molecule has 3 nitrogen and oxygen atoms in total. The molecule has 1 rings (SSSR count). The van der Waals surface area contributed by atoms with Crippen LogP contribution in [0.25, 0.3) is 0 Å². The Morgan fingerprint density at radius 3 is 2.73 bits per heavy atom. The number of hydrogen-bond donors (Lipinski definition) is 1. The van der Waals surface area contributed by atoms with Crippen molar-refractivity contribution in [3.8, 4) is 0 Å². The van der Waals surface area contributed by atoms with E-state index in [0.29, 0.717) is 0 Å². The molecule has 2 N–H and O–H groups in total. The van der Waals surface area contributed by atoms with Gasteiger partial charge in [-0.2, -0.15) is 0 Å². The first-order chi connectivity index (χ1) is 7.38. The Morgan fingerprint density at radius 2 is 2.13 bits per heavy atom. The van der Waals surface area contributed by atoms with Gasteiger partial charge in [-0.1, -0.05) is 13.0 Å². The van der Waals surface area contributed by atoms with E-state index in [2.05, 4.69) is 22.9 Å². The van der Waals surface area contributed by atoms with Crippen molar-refractivity contribution in [3.63, 3.8) is 0 Å². The minimum atomic E-state index is 0.780. The Labute approximate surface area is 92.3 Å². The van der Waals surface area contributed by atoms with Gasteiger partial charge in [0.1, 0.15) is 5.82 Å². The first kappa shape index (κ1) is 12.0. The first-order valence-corrected chi connectivity index (χ1v) is 5.74. The van der Waals surface area contributed by atoms with E-state index >= 15 is 0 Å². The van der Waals surface area contributed by atoms with Gasteiger partial charge in [0.15, 0.2) is 0 Å². The maximum atomic E-state index is 5.49. The highest BCUT2D eigenvalue weighted by atomic mass is 15.2. The molecule has 0 saturated heterocycles. The molecule has 0 saturated carbocycles. The molecule has 0 radical (unpaired) electrons. The lowest BCUT2D eigenvalue weighted by atomic mass is 10.2. The average molecular weight is 207 g/mol. The number of nitrogens with two attached hydrogens (primary N) is 1. The number of anilines is 1. The molecule has 1 aromatic rings. The van der Waals surface area contributed by atoms with Crippen LogP contribution in [-0.2, 0) is 0 Å². The monoisotopic (exact) mass is 207 g/mol. The summed E-state index contributed by atoms with van der Waals surface area (Å²) in [6.45, 7) is 5.10. The van der Waals surface area contributed by atoms with Gasteiger partial charge in [-0.3, -0.25) is 0 Å². The zero-order valence-electron chi connectivity index (χ0n) is 9.52. The lowest BCUT2D eigenvalue weighted by Crippen LogP contribution is -2.26. The summed E-state index contributed by atoms with van der Waals surface area (Å²) in [5.41, 5.74) is 5.49. The molecular weight excluding hydrogens is 186 g/mol. The summed E-state index contributed by atoms with van der Waals surface area (Å²) in [4.78, 5) is 6.70. The third kappa shape index (κ3) is 4.30. The number of nitrogens with zero attached hydrogens (tertiary/aromatic N) is 2. The highest BCUT2D eigenvalue weighted by Gasteiger charge is 2.04. The second-order valence-corrected chi connectivity index (χ2v) is 3.67. The predicted octanol–water partition coefficient (Wildman–Crippen LogP) is 2.04. The summed E-state index contributed by atoms with van der Waals surface area (Å²) in [7, 11) is 0. The number of pyridine rings is 1. The molecule has 3 heteroatoms. The van der Waals surface area contributed by atoms with Gasteiger partial charge in [-0.05, 0) is 37.9 Å². The molecule has 0 bridgehead atoms. The standard InChI is InChI=1S/C12H21N3/c1-2-10-15(11-6-4-8-13)12-7-3-5-9-14-12/h3,5,7,9H,2,4,6,8,10-11,13H2,1H3. The molecule has 15 heavy (non-hydrogen) atoms. The van der Waals surface area contributed by atoms with Crippen molar-refractivity contribution in [2.24, 2.45) is 5.73 Å². The predicted molar refractivity (Wildman–Crippen MR) is 65.0 cm³/mol. The molecular formula is C12H21N3. The fourth-order valence-electron chi connectivity index (χ4n) is 1.60. The van der Waals surface area contributed by atoms with Crippen LogP contribution < -0.4 is 10.6 Å². The Hall–Kier alpha value is -1.09. The zero-order chi connectivity index (χ0) is 10.9. The molecule has 0 fully saturated rings. The van der Waals surface area contributed by atoms with Crippen molar-refractivity contribution in [1.29, 1.82) is 0 Å². The number of hydrogen-bond acceptors (Lipinski definition) is 3. The molecule has 1 aromatic heterocycles. The van der Waals surface area contributed by atoms with Crippen molar-refractivity contribution in [2.75, 3.05) is 24.5 Å². The summed E-state index contributed by atoms with van der Waals surface area (Å²) >= 11 is 0. The zero-order valence-corrected chi connectivity index (χ0v) is 9.52. The van der Waals surface area contributed by atoms with E-state index in [1.54, 1.807) is 0 Å². The molecule has 1 heterocycles. The van der Waals surface area contributed by atoms with E-state index in [9.17, 15) is 0 Å². The summed E-state index contributed by atoms with van der Waals surface area (Å²) < 4.78 is 0. The van der Waals surface area contributed by atoms with Crippen molar-refractivity contribution in [2.45, 2.75) is 26.2 Å². The topological polar surface area (TPSA) is 42.1 Å². The lowest BCUT2D eigenvalue weighted by molar-refractivity contribution is 0.677. The SMILES string of the molecule is CCCN(CCCCN)c1ccccn1. The van der Waals surface area contributed by atoms with Gasteiger partial charge in [0.25, 0.3) is 0 Å². The van der Waals surface area contributed by atoms with E-state index in [1.807, 2.05) is 18.3 Å². The number of rotatable bonds is 7. The number of unbranched alkanes of at least 4 members (excludes halogenated alkanes) is 1. The Bertz CT molecular complexity index is 248. The van der Waals surface area contributed by atoms with Crippen LogP contribution in [0, 0.1) is 0 Å². The van der Waals surface area contributed by atoms with Gasteiger partial charge in [0, 0.05) is 19.3 Å². The highest BCUT2D eigenvalue weighted by Crippen LogP contribution is 2.10. The van der Waals surface area contributed by atoms with E-state index < -0.39 is 0 Å². The van der Waals surface area contributed by atoms with Gasteiger partial charge in [-0.25, -0.2) is 4.98 Å². The fourth-order valence-corrected chi connectivity index (χ4v) is 1.60. The van der Waals surface area contributed by atoms with Crippen LogP contribution in [0.2, 0.25) is 0 Å². The van der Waals surface area contributed by atoms with Crippen molar-refractivity contribution >= 4 is 5.82 Å². The highest BCUT2D eigenvalue weighted by molar-refractivity contribution is 5.37. The van der Waals surface area contributed by atoms with Gasteiger partial charge >= 0.3 is 0 Å². The van der Waals surface area contributed by atoms with Crippen LogP contribution in [0.15, 0.2) is 24.4 Å². The second-order valence-electron chi connectivity index (χ2n) is 3.67. The van der Waals surface area contributed by atoms with Crippen LogP contribution in [-0.4, -0.2) is 24.6 Å². The van der Waals surface area contributed by atoms with Crippen LogP contribution >= 0.6 is 0 Å². The van der Waals surface area contributed by atoms with Crippen molar-refractivity contribution in [3.05, 3.63) is 24.4 Å². The van der Waals surface area contributed by atoms with Crippen LogP contribution in [0.1, 0.15) is 26.2 Å². The molecule has 0 spiro atoms. The van der Waals surface area contributed by atoms with E-state index in [0.717, 1.165) is 44.7 Å². The lowest BCUT2D eigenvalue weighted by Gasteiger charge is -2.22. The minimum absolute atomic E-state index is 0.780. The molecule has 0 aliphatic rings. The maximum Gasteiger partial charge on any atom is 0.128 e. The minimum Gasteiger partial charge on any atom is -0.357 e. The Morgan fingerprint density at radius 1 is 1.27 bits per heavy atom. The Balaban J connectivity index is 2.50. The van der Waals surface area contributed by atoms with Gasteiger partial charge < -0.3 is 10.6 Å². The van der Waals surface area contributed by atoms with Crippen molar-refractivity contribution in [1.82, 2.24) is 4.98 Å². The third-order valence-electron chi connectivity index (χ3n) is 2.35. The van der Waals surface area contributed by atoms with Crippen LogP contribution in [0.3, 0.4) is 0 Å². The largest absolute Gasteiger partial charge is 0.357 e. The smallest absolute Gasteiger partial charge is 0.128 e. The molecule has 0 aliphatic carbocycles. The quantitative estimate of drug-likeness (QED) is 0.696. The van der Waals surface area contributed by atoms with Crippen LogP contribution in [0.4, 0.5) is 5.82 Å². The summed E-state index contributed by atoms with van der Waals surface area (Å²) in [5.74, 6) is 1.08. The molecule has 0 aromatic carbocycles. The van der Waals surface area contributed by atoms with Gasteiger partial charge in [-0.15, -0.1) is 0 Å². The van der Waals surface area contributed by atoms with Gasteiger partial charge in [0.2, 0.25) is 0 Å². The second kappa shape index (κ2) is 7.23. The molecule has 0 atom stereocenters. The molecule has 0 amide bonds. The maximum absolute atomic E-state index is 5.49. The fraction of sp³-hybridized carbons (Fsp3) is 0.583. The summed E-state index contributed by atoms with van der Waals surface area (Å²) in [6.07, 6.45) is 5.24. The molecule has 84 valence electrons. The first-order valence-electron chi connectivity index (χ1n) is 5.74. The molecule has 0 aliphatic heterocycles. The van der Waals surface area contributed by atoms with E-state index in [4.69, 9.17) is 5.73 Å². The third-order valence-corrected chi connectivity index (χ3v) is 2.35. The normalized spacial score (nSPS) is 10.3. The summed E-state index contributed by atoms with van der Waals surface area (Å²) in [6, 6.07) is 6.06. The van der Waals surface area contributed by atoms with Gasteiger partial charge in [0.05, 0.1) is 0 Å². The Kier molecular flexibility index (Phi) is 5.78.